The van der Waals surface area contributed by atoms with Gasteiger partial charge in [-0.25, -0.2) is 0 Å². The smallest absolute Gasteiger partial charge is 0.0788 e. The number of aliphatic hydroxyl groups is 1. The van der Waals surface area contributed by atoms with Crippen molar-refractivity contribution in [3.8, 4) is 0 Å². The molecule has 1 aliphatic rings. The van der Waals surface area contributed by atoms with Crippen LogP contribution in [0.4, 0.5) is 0 Å². The van der Waals surface area contributed by atoms with Crippen LogP contribution < -0.4 is 0 Å². The molecule has 3 nitrogen and oxygen atoms in total. The zero-order valence-corrected chi connectivity index (χ0v) is 11.7. The van der Waals surface area contributed by atoms with Crippen molar-refractivity contribution in [3.63, 3.8) is 0 Å². The molecule has 0 heterocycles. The van der Waals surface area contributed by atoms with Crippen LogP contribution >= 0.6 is 0 Å². The Morgan fingerprint density at radius 2 is 1.65 bits per heavy atom. The maximum absolute atomic E-state index is 8.90. The molecule has 0 amide bonds. The SMILES string of the molecule is CC(CO)OCC(C)OC1(C(C)C)CCCC1. The molecular weight excluding hydrogens is 216 g/mol. The lowest BCUT2D eigenvalue weighted by Gasteiger charge is -2.36. The van der Waals surface area contributed by atoms with Crippen molar-refractivity contribution in [3.05, 3.63) is 0 Å². The maximum atomic E-state index is 8.90. The largest absolute Gasteiger partial charge is 0.394 e. The zero-order valence-electron chi connectivity index (χ0n) is 11.7. The highest BCUT2D eigenvalue weighted by atomic mass is 16.6. The fraction of sp³-hybridized carbons (Fsp3) is 1.00. The summed E-state index contributed by atoms with van der Waals surface area (Å²) in [7, 11) is 0. The standard InChI is InChI=1S/C14H28O3/c1-11(2)14(7-5-6-8-14)17-13(4)10-16-12(3)9-15/h11-13,15H,5-10H2,1-4H3. The number of ether oxygens (including phenoxy) is 2. The third kappa shape index (κ3) is 4.23. The van der Waals surface area contributed by atoms with Gasteiger partial charge in [-0.1, -0.05) is 26.7 Å². The van der Waals surface area contributed by atoms with Gasteiger partial charge in [-0.2, -0.15) is 0 Å². The van der Waals surface area contributed by atoms with Gasteiger partial charge < -0.3 is 14.6 Å². The molecule has 0 bridgehead atoms. The molecule has 2 atom stereocenters. The second kappa shape index (κ2) is 6.72. The van der Waals surface area contributed by atoms with E-state index in [2.05, 4.69) is 20.8 Å². The van der Waals surface area contributed by atoms with Crippen LogP contribution in [0.2, 0.25) is 0 Å². The highest BCUT2D eigenvalue weighted by Gasteiger charge is 2.39. The summed E-state index contributed by atoms with van der Waals surface area (Å²) in [5, 5.41) is 8.90. The van der Waals surface area contributed by atoms with Gasteiger partial charge in [0.15, 0.2) is 0 Å². The van der Waals surface area contributed by atoms with Crippen molar-refractivity contribution >= 4 is 0 Å². The van der Waals surface area contributed by atoms with E-state index in [-0.39, 0.29) is 24.4 Å². The number of hydrogen-bond donors (Lipinski definition) is 1. The first-order chi connectivity index (χ1) is 8.00. The summed E-state index contributed by atoms with van der Waals surface area (Å²) >= 11 is 0. The van der Waals surface area contributed by atoms with Crippen LogP contribution in [-0.4, -0.2) is 36.1 Å². The minimum absolute atomic E-state index is 0.0607. The number of aliphatic hydroxyl groups excluding tert-OH is 1. The Balaban J connectivity index is 2.39. The lowest BCUT2D eigenvalue weighted by atomic mass is 9.88. The third-order valence-electron chi connectivity index (χ3n) is 3.81. The van der Waals surface area contributed by atoms with E-state index >= 15 is 0 Å². The van der Waals surface area contributed by atoms with Gasteiger partial charge in [0.1, 0.15) is 0 Å². The Hall–Kier alpha value is -0.120. The van der Waals surface area contributed by atoms with Crippen LogP contribution in [0.5, 0.6) is 0 Å². The summed E-state index contributed by atoms with van der Waals surface area (Å²) in [5.41, 5.74) is 0.0607. The summed E-state index contributed by atoms with van der Waals surface area (Å²) in [6.45, 7) is 9.07. The van der Waals surface area contributed by atoms with Gasteiger partial charge in [0.05, 0.1) is 31.0 Å². The van der Waals surface area contributed by atoms with E-state index < -0.39 is 0 Å². The molecule has 1 fully saturated rings. The van der Waals surface area contributed by atoms with E-state index in [0.29, 0.717) is 12.5 Å². The Morgan fingerprint density at radius 3 is 2.12 bits per heavy atom. The summed E-state index contributed by atoms with van der Waals surface area (Å²) < 4.78 is 11.8. The second-order valence-electron chi connectivity index (χ2n) is 5.68. The minimum atomic E-state index is -0.0976. The molecule has 0 aliphatic heterocycles. The third-order valence-corrected chi connectivity index (χ3v) is 3.81. The van der Waals surface area contributed by atoms with Gasteiger partial charge in [0, 0.05) is 0 Å². The van der Waals surface area contributed by atoms with Crippen LogP contribution in [0, 0.1) is 5.92 Å². The molecule has 0 saturated heterocycles. The van der Waals surface area contributed by atoms with Crippen molar-refractivity contribution in [2.75, 3.05) is 13.2 Å². The quantitative estimate of drug-likeness (QED) is 0.748. The molecule has 1 saturated carbocycles. The fourth-order valence-electron chi connectivity index (χ4n) is 2.59. The first kappa shape index (κ1) is 14.9. The molecule has 0 aromatic carbocycles. The van der Waals surface area contributed by atoms with Gasteiger partial charge >= 0.3 is 0 Å². The van der Waals surface area contributed by atoms with Crippen molar-refractivity contribution in [1.82, 2.24) is 0 Å². The van der Waals surface area contributed by atoms with Gasteiger partial charge in [0.25, 0.3) is 0 Å². The van der Waals surface area contributed by atoms with Crippen molar-refractivity contribution < 1.29 is 14.6 Å². The van der Waals surface area contributed by atoms with E-state index in [9.17, 15) is 0 Å². The first-order valence-electron chi connectivity index (χ1n) is 6.90. The fourth-order valence-corrected chi connectivity index (χ4v) is 2.59. The van der Waals surface area contributed by atoms with Crippen molar-refractivity contribution in [1.29, 1.82) is 0 Å². The lowest BCUT2D eigenvalue weighted by Crippen LogP contribution is -2.40. The van der Waals surface area contributed by atoms with Crippen LogP contribution in [0.1, 0.15) is 53.4 Å². The summed E-state index contributed by atoms with van der Waals surface area (Å²) in [4.78, 5) is 0. The molecule has 2 unspecified atom stereocenters. The van der Waals surface area contributed by atoms with Gasteiger partial charge in [-0.15, -0.1) is 0 Å². The molecular formula is C14H28O3. The minimum Gasteiger partial charge on any atom is -0.394 e. The lowest BCUT2D eigenvalue weighted by molar-refractivity contribution is -0.139. The van der Waals surface area contributed by atoms with Gasteiger partial charge in [-0.05, 0) is 32.6 Å². The Kier molecular flexibility index (Phi) is 5.90. The predicted octanol–water partition coefficient (Wildman–Crippen LogP) is 2.76. The molecule has 0 aromatic heterocycles. The van der Waals surface area contributed by atoms with Gasteiger partial charge in [0.2, 0.25) is 0 Å². The van der Waals surface area contributed by atoms with E-state index in [0.717, 1.165) is 0 Å². The summed E-state index contributed by atoms with van der Waals surface area (Å²) in [5.74, 6) is 0.558. The average molecular weight is 244 g/mol. The summed E-state index contributed by atoms with van der Waals surface area (Å²) in [6.07, 6.45) is 4.90. The molecule has 0 aromatic rings. The van der Waals surface area contributed by atoms with E-state index in [1.54, 1.807) is 0 Å². The Labute approximate surface area is 105 Å². The second-order valence-corrected chi connectivity index (χ2v) is 5.68. The predicted molar refractivity (Wildman–Crippen MR) is 69.1 cm³/mol. The number of rotatable bonds is 7. The molecule has 1 N–H and O–H groups in total. The molecule has 1 aliphatic carbocycles. The van der Waals surface area contributed by atoms with E-state index in [1.165, 1.54) is 25.7 Å². The summed E-state index contributed by atoms with van der Waals surface area (Å²) in [6, 6.07) is 0. The molecule has 0 radical (unpaired) electrons. The highest BCUT2D eigenvalue weighted by Crippen LogP contribution is 2.40. The molecule has 102 valence electrons. The first-order valence-corrected chi connectivity index (χ1v) is 6.90. The van der Waals surface area contributed by atoms with E-state index in [4.69, 9.17) is 14.6 Å². The number of hydrogen-bond acceptors (Lipinski definition) is 3. The Bertz CT molecular complexity index is 210. The van der Waals surface area contributed by atoms with Crippen LogP contribution in [0.15, 0.2) is 0 Å². The van der Waals surface area contributed by atoms with Gasteiger partial charge in [-0.3, -0.25) is 0 Å². The van der Waals surface area contributed by atoms with Crippen molar-refractivity contribution in [2.45, 2.75) is 71.2 Å². The average Bonchev–Trinajstić information content (AvgIpc) is 2.75. The topological polar surface area (TPSA) is 38.7 Å². The van der Waals surface area contributed by atoms with Crippen LogP contribution in [0.25, 0.3) is 0 Å². The molecule has 1 rings (SSSR count). The van der Waals surface area contributed by atoms with E-state index in [1.807, 2.05) is 6.92 Å². The highest BCUT2D eigenvalue weighted by molar-refractivity contribution is 4.90. The zero-order chi connectivity index (χ0) is 12.9. The maximum Gasteiger partial charge on any atom is 0.0788 e. The molecule has 3 heteroatoms. The molecule has 0 spiro atoms. The normalized spacial score (nSPS) is 22.9. The van der Waals surface area contributed by atoms with Crippen LogP contribution in [-0.2, 0) is 9.47 Å². The molecule has 17 heavy (non-hydrogen) atoms. The van der Waals surface area contributed by atoms with Crippen LogP contribution in [0.3, 0.4) is 0 Å². The Morgan fingerprint density at radius 1 is 1.06 bits per heavy atom. The van der Waals surface area contributed by atoms with Crippen molar-refractivity contribution in [2.24, 2.45) is 5.92 Å². The monoisotopic (exact) mass is 244 g/mol.